The monoisotopic (exact) mass is 383 g/mol. The molecule has 0 bridgehead atoms. The smallest absolute Gasteiger partial charge is 0.416 e. The van der Waals surface area contributed by atoms with Crippen molar-refractivity contribution in [2.45, 2.75) is 44.1 Å². The van der Waals surface area contributed by atoms with E-state index in [1.165, 1.54) is 0 Å². The van der Waals surface area contributed by atoms with Gasteiger partial charge in [-0.3, -0.25) is 4.79 Å². The van der Waals surface area contributed by atoms with Gasteiger partial charge in [0.1, 0.15) is 6.04 Å². The summed E-state index contributed by atoms with van der Waals surface area (Å²) in [6.07, 6.45) is -8.99. The zero-order valence-electron chi connectivity index (χ0n) is 13.2. The second-order valence-corrected chi connectivity index (χ2v) is 6.23. The Morgan fingerprint density at radius 3 is 1.92 bits per heavy atom. The van der Waals surface area contributed by atoms with Gasteiger partial charge in [0.25, 0.3) is 0 Å². The van der Waals surface area contributed by atoms with Crippen LogP contribution in [0.2, 0.25) is 0 Å². The molecule has 1 saturated carbocycles. The van der Waals surface area contributed by atoms with E-state index in [0.29, 0.717) is 12.1 Å². The van der Waals surface area contributed by atoms with Gasteiger partial charge in [0, 0.05) is 0 Å². The van der Waals surface area contributed by atoms with E-state index in [-0.39, 0.29) is 18.4 Å². The third kappa shape index (κ3) is 5.63. The number of rotatable bonds is 6. The third-order valence-corrected chi connectivity index (χ3v) is 3.91. The van der Waals surface area contributed by atoms with Crippen molar-refractivity contribution >= 4 is 11.9 Å². The maximum Gasteiger partial charge on any atom is 0.416 e. The van der Waals surface area contributed by atoms with Crippen LogP contribution in [-0.2, 0) is 28.4 Å². The molecule has 0 heterocycles. The van der Waals surface area contributed by atoms with Gasteiger partial charge >= 0.3 is 18.3 Å². The van der Waals surface area contributed by atoms with Gasteiger partial charge in [0.15, 0.2) is 0 Å². The summed E-state index contributed by atoms with van der Waals surface area (Å²) < 4.78 is 76.8. The van der Waals surface area contributed by atoms with Crippen molar-refractivity contribution in [2.24, 2.45) is 5.92 Å². The SMILES string of the molecule is O=C(Cc1cc(C(F)(F)F)cc(C(F)(F)F)c1)N[C@H](CC1CC1)C(=O)O. The summed E-state index contributed by atoms with van der Waals surface area (Å²) in [5.41, 5.74) is -3.55. The highest BCUT2D eigenvalue weighted by Crippen LogP contribution is 2.36. The van der Waals surface area contributed by atoms with Crippen LogP contribution in [0.5, 0.6) is 0 Å². The molecule has 2 rings (SSSR count). The van der Waals surface area contributed by atoms with Crippen molar-refractivity contribution in [1.82, 2.24) is 5.32 Å². The number of carboxylic acids is 1. The van der Waals surface area contributed by atoms with Crippen molar-refractivity contribution in [1.29, 1.82) is 0 Å². The van der Waals surface area contributed by atoms with Crippen LogP contribution < -0.4 is 5.32 Å². The number of aliphatic carboxylic acids is 1. The van der Waals surface area contributed by atoms with Crippen LogP contribution in [0, 0.1) is 5.92 Å². The molecule has 1 amide bonds. The fraction of sp³-hybridized carbons (Fsp3) is 0.500. The Bertz CT molecular complexity index is 662. The van der Waals surface area contributed by atoms with E-state index in [0.717, 1.165) is 12.8 Å². The predicted molar refractivity (Wildman–Crippen MR) is 77.1 cm³/mol. The van der Waals surface area contributed by atoms with Gasteiger partial charge in [-0.25, -0.2) is 4.79 Å². The van der Waals surface area contributed by atoms with E-state index in [9.17, 15) is 35.9 Å². The molecule has 1 aromatic carbocycles. The number of carbonyl (C=O) groups is 2. The highest BCUT2D eigenvalue weighted by atomic mass is 19.4. The van der Waals surface area contributed by atoms with Gasteiger partial charge in [-0.2, -0.15) is 26.3 Å². The average Bonchev–Trinajstić information content (AvgIpc) is 3.28. The van der Waals surface area contributed by atoms with Crippen LogP contribution in [0.1, 0.15) is 36.0 Å². The first-order valence-electron chi connectivity index (χ1n) is 7.67. The summed E-state index contributed by atoms with van der Waals surface area (Å²) in [6.45, 7) is 0. The summed E-state index contributed by atoms with van der Waals surface area (Å²) in [5.74, 6) is -2.10. The summed E-state index contributed by atoms with van der Waals surface area (Å²) in [6, 6.07) is -0.353. The molecule has 1 aliphatic carbocycles. The lowest BCUT2D eigenvalue weighted by Crippen LogP contribution is -2.41. The maximum absolute atomic E-state index is 12.8. The fourth-order valence-corrected chi connectivity index (χ4v) is 2.46. The van der Waals surface area contributed by atoms with E-state index in [2.05, 4.69) is 5.32 Å². The second-order valence-electron chi connectivity index (χ2n) is 6.23. The second kappa shape index (κ2) is 7.16. The highest BCUT2D eigenvalue weighted by molar-refractivity contribution is 5.84. The summed E-state index contributed by atoms with van der Waals surface area (Å²) in [7, 11) is 0. The van der Waals surface area contributed by atoms with E-state index in [1.807, 2.05) is 0 Å². The van der Waals surface area contributed by atoms with Crippen molar-refractivity contribution in [3.05, 3.63) is 34.9 Å². The molecule has 1 aromatic rings. The molecule has 4 nitrogen and oxygen atoms in total. The minimum absolute atomic E-state index is 0.0332. The van der Waals surface area contributed by atoms with Crippen LogP contribution in [0.25, 0.3) is 0 Å². The number of benzene rings is 1. The largest absolute Gasteiger partial charge is 0.480 e. The lowest BCUT2D eigenvalue weighted by atomic mass is 10.0. The molecule has 0 spiro atoms. The molecule has 26 heavy (non-hydrogen) atoms. The Morgan fingerprint density at radius 1 is 1.04 bits per heavy atom. The molecule has 0 aromatic heterocycles. The van der Waals surface area contributed by atoms with Gasteiger partial charge in [0.05, 0.1) is 17.5 Å². The van der Waals surface area contributed by atoms with Gasteiger partial charge in [-0.15, -0.1) is 0 Å². The molecular weight excluding hydrogens is 368 g/mol. The van der Waals surface area contributed by atoms with Crippen molar-refractivity contribution in [3.63, 3.8) is 0 Å². The molecule has 0 unspecified atom stereocenters. The first-order valence-corrected chi connectivity index (χ1v) is 7.67. The van der Waals surface area contributed by atoms with Crippen molar-refractivity contribution < 1.29 is 41.0 Å². The minimum atomic E-state index is -5.01. The van der Waals surface area contributed by atoms with Crippen molar-refractivity contribution in [3.8, 4) is 0 Å². The molecule has 2 N–H and O–H groups in total. The average molecular weight is 383 g/mol. The molecule has 1 aliphatic rings. The summed E-state index contributed by atoms with van der Waals surface area (Å²) in [5, 5.41) is 11.2. The number of alkyl halides is 6. The number of amides is 1. The number of carbonyl (C=O) groups excluding carboxylic acids is 1. The molecule has 0 aliphatic heterocycles. The summed E-state index contributed by atoms with van der Waals surface area (Å²) in [4.78, 5) is 23.0. The molecular formula is C16H15F6NO3. The molecule has 1 fully saturated rings. The van der Waals surface area contributed by atoms with Gasteiger partial charge in [-0.05, 0) is 36.1 Å². The number of nitrogens with one attached hydrogen (secondary N) is 1. The normalized spacial score (nSPS) is 16.2. The van der Waals surface area contributed by atoms with Crippen LogP contribution >= 0.6 is 0 Å². The zero-order valence-corrected chi connectivity index (χ0v) is 13.2. The van der Waals surface area contributed by atoms with Crippen LogP contribution in [0.4, 0.5) is 26.3 Å². The van der Waals surface area contributed by atoms with Gasteiger partial charge < -0.3 is 10.4 Å². The van der Waals surface area contributed by atoms with Gasteiger partial charge in [0.2, 0.25) is 5.91 Å². The van der Waals surface area contributed by atoms with E-state index in [1.54, 1.807) is 0 Å². The molecule has 10 heteroatoms. The lowest BCUT2D eigenvalue weighted by Gasteiger charge is -2.16. The van der Waals surface area contributed by atoms with Crippen LogP contribution in [0.15, 0.2) is 18.2 Å². The highest BCUT2D eigenvalue weighted by Gasteiger charge is 2.37. The number of carboxylic acid groups (broad SMARTS) is 1. The third-order valence-electron chi connectivity index (χ3n) is 3.91. The Labute approximate surface area is 144 Å². The first-order chi connectivity index (χ1) is 11.9. The van der Waals surface area contributed by atoms with Crippen LogP contribution in [0.3, 0.4) is 0 Å². The molecule has 0 radical (unpaired) electrons. The predicted octanol–water partition coefficient (Wildman–Crippen LogP) is 3.64. The first kappa shape index (κ1) is 20.1. The van der Waals surface area contributed by atoms with Crippen LogP contribution in [-0.4, -0.2) is 23.0 Å². The standard InChI is InChI=1S/C16H15F6NO3/c17-15(18,19)10-3-9(4-11(7-10)16(20,21)22)6-13(24)23-12(14(25)26)5-8-1-2-8/h3-4,7-8,12H,1-2,5-6H2,(H,23,24)(H,25,26)/t12-/m1/s1. The Hall–Kier alpha value is -2.26. The van der Waals surface area contributed by atoms with Crippen molar-refractivity contribution in [2.75, 3.05) is 0 Å². The lowest BCUT2D eigenvalue weighted by molar-refractivity contribution is -0.143. The maximum atomic E-state index is 12.8. The molecule has 144 valence electrons. The zero-order chi connectivity index (χ0) is 19.7. The number of halogens is 6. The quantitative estimate of drug-likeness (QED) is 0.738. The summed E-state index contributed by atoms with van der Waals surface area (Å²) >= 11 is 0. The fourth-order valence-electron chi connectivity index (χ4n) is 2.46. The van der Waals surface area contributed by atoms with Gasteiger partial charge in [-0.1, -0.05) is 12.8 Å². The van der Waals surface area contributed by atoms with E-state index >= 15 is 0 Å². The number of hydrogen-bond donors (Lipinski definition) is 2. The molecule has 0 saturated heterocycles. The Balaban J connectivity index is 2.18. The Morgan fingerprint density at radius 2 is 1.54 bits per heavy atom. The van der Waals surface area contributed by atoms with E-state index < -0.39 is 53.4 Å². The number of hydrogen-bond acceptors (Lipinski definition) is 2. The van der Waals surface area contributed by atoms with E-state index in [4.69, 9.17) is 5.11 Å². The molecule has 1 atom stereocenters. The topological polar surface area (TPSA) is 66.4 Å². The Kier molecular flexibility index (Phi) is 5.52. The minimum Gasteiger partial charge on any atom is -0.480 e.